The summed E-state index contributed by atoms with van der Waals surface area (Å²) in [6.45, 7) is 0. The number of nitrogens with zero attached hydrogens (tertiary/aromatic N) is 3. The highest BCUT2D eigenvalue weighted by Crippen LogP contribution is 2.28. The lowest BCUT2D eigenvalue weighted by atomic mass is 9.99. The van der Waals surface area contributed by atoms with Crippen LogP contribution in [0.3, 0.4) is 0 Å². The van der Waals surface area contributed by atoms with Gasteiger partial charge in [-0.25, -0.2) is 14.5 Å². The van der Waals surface area contributed by atoms with Gasteiger partial charge in [0.25, 0.3) is 5.91 Å². The van der Waals surface area contributed by atoms with Crippen molar-refractivity contribution in [2.45, 2.75) is 12.0 Å². The van der Waals surface area contributed by atoms with Gasteiger partial charge in [-0.15, -0.1) is 5.10 Å². The van der Waals surface area contributed by atoms with Crippen molar-refractivity contribution >= 4 is 23.6 Å². The summed E-state index contributed by atoms with van der Waals surface area (Å²) in [6, 6.07) is 9.26. The second kappa shape index (κ2) is 5.80. The minimum Gasteiger partial charge on any atom is -0.479 e. The van der Waals surface area contributed by atoms with Crippen LogP contribution in [0.1, 0.15) is 17.0 Å². The summed E-state index contributed by atoms with van der Waals surface area (Å²) >= 11 is 1.51. The first kappa shape index (κ1) is 14.6. The van der Waals surface area contributed by atoms with E-state index >= 15 is 0 Å². The van der Waals surface area contributed by atoms with Crippen LogP contribution in [0.25, 0.3) is 5.69 Å². The Balaban J connectivity index is 1.79. The molecule has 1 unspecified atom stereocenters. The fourth-order valence-corrected chi connectivity index (χ4v) is 3.56. The minimum absolute atomic E-state index is 0.0404. The van der Waals surface area contributed by atoms with Crippen LogP contribution in [0.2, 0.25) is 0 Å². The number of thioether (sulfide) groups is 1. The molecule has 22 heavy (non-hydrogen) atoms. The van der Waals surface area contributed by atoms with Crippen molar-refractivity contribution in [1.82, 2.24) is 20.1 Å². The monoisotopic (exact) mass is 318 g/mol. The van der Waals surface area contributed by atoms with Gasteiger partial charge in [-0.1, -0.05) is 18.2 Å². The maximum atomic E-state index is 12.2. The van der Waals surface area contributed by atoms with E-state index in [1.165, 1.54) is 22.8 Å². The van der Waals surface area contributed by atoms with E-state index in [1.807, 2.05) is 30.3 Å². The van der Waals surface area contributed by atoms with Crippen LogP contribution in [-0.4, -0.2) is 48.8 Å². The maximum Gasteiger partial charge on any atom is 0.330 e. The molecule has 0 bridgehead atoms. The summed E-state index contributed by atoms with van der Waals surface area (Å²) in [6.07, 6.45) is 1.83. The van der Waals surface area contributed by atoms with E-state index in [9.17, 15) is 14.7 Å². The maximum absolute atomic E-state index is 12.2. The smallest absolute Gasteiger partial charge is 0.330 e. The van der Waals surface area contributed by atoms with Gasteiger partial charge in [-0.3, -0.25) is 4.79 Å². The number of carboxylic acids is 1. The lowest BCUT2D eigenvalue weighted by Gasteiger charge is -2.23. The van der Waals surface area contributed by atoms with Crippen molar-refractivity contribution in [3.63, 3.8) is 0 Å². The van der Waals surface area contributed by atoms with Gasteiger partial charge < -0.3 is 10.4 Å². The topological polar surface area (TPSA) is 97.1 Å². The molecule has 114 valence electrons. The van der Waals surface area contributed by atoms with Gasteiger partial charge in [0.2, 0.25) is 5.82 Å². The van der Waals surface area contributed by atoms with Crippen LogP contribution < -0.4 is 5.32 Å². The number of benzene rings is 1. The molecule has 1 aliphatic heterocycles. The Hall–Kier alpha value is -2.35. The van der Waals surface area contributed by atoms with Gasteiger partial charge in [0.1, 0.15) is 11.9 Å². The lowest BCUT2D eigenvalue weighted by Crippen LogP contribution is -2.55. The molecule has 2 aromatic rings. The van der Waals surface area contributed by atoms with Crippen LogP contribution in [0.15, 0.2) is 36.7 Å². The van der Waals surface area contributed by atoms with Crippen LogP contribution in [-0.2, 0) is 4.79 Å². The van der Waals surface area contributed by atoms with Gasteiger partial charge in [0, 0.05) is 5.75 Å². The average Bonchev–Trinajstić information content (AvgIpc) is 3.18. The van der Waals surface area contributed by atoms with Crippen LogP contribution in [0.4, 0.5) is 0 Å². The molecule has 1 atom stereocenters. The number of carbonyl (C=O) groups excluding carboxylic acids is 1. The van der Waals surface area contributed by atoms with E-state index in [0.29, 0.717) is 17.9 Å². The van der Waals surface area contributed by atoms with Crippen molar-refractivity contribution in [3.05, 3.63) is 42.5 Å². The molecule has 3 rings (SSSR count). The summed E-state index contributed by atoms with van der Waals surface area (Å²) in [7, 11) is 0. The second-order valence-electron chi connectivity index (χ2n) is 4.99. The van der Waals surface area contributed by atoms with E-state index in [0.717, 1.165) is 5.69 Å². The first-order valence-electron chi connectivity index (χ1n) is 6.71. The fourth-order valence-electron chi connectivity index (χ4n) is 2.23. The molecule has 1 amide bonds. The molecule has 7 nitrogen and oxygen atoms in total. The molecule has 0 aliphatic carbocycles. The third kappa shape index (κ3) is 2.69. The number of hydrogen-bond acceptors (Lipinski definition) is 5. The number of amides is 1. The highest BCUT2D eigenvalue weighted by molar-refractivity contribution is 7.99. The third-order valence-corrected chi connectivity index (χ3v) is 4.69. The number of carboxylic acid groups (broad SMARTS) is 1. The van der Waals surface area contributed by atoms with E-state index in [4.69, 9.17) is 0 Å². The first-order chi connectivity index (χ1) is 10.6. The Morgan fingerprint density at radius 1 is 1.32 bits per heavy atom. The number of carbonyl (C=O) groups is 2. The Labute approximate surface area is 130 Å². The average molecular weight is 318 g/mol. The molecule has 0 radical (unpaired) electrons. The SMILES string of the molecule is O=C(NC1(C(=O)O)CCSC1)c1ncn(-c2ccccc2)n1. The van der Waals surface area contributed by atoms with Crippen molar-refractivity contribution in [2.75, 3.05) is 11.5 Å². The zero-order valence-electron chi connectivity index (χ0n) is 11.6. The normalized spacial score (nSPS) is 20.7. The largest absolute Gasteiger partial charge is 0.479 e. The van der Waals surface area contributed by atoms with Crippen molar-refractivity contribution in [3.8, 4) is 5.69 Å². The number of aliphatic carboxylic acids is 1. The predicted molar refractivity (Wildman–Crippen MR) is 81.1 cm³/mol. The fraction of sp³-hybridized carbons (Fsp3) is 0.286. The number of hydrogen-bond donors (Lipinski definition) is 2. The summed E-state index contributed by atoms with van der Waals surface area (Å²) in [4.78, 5) is 27.6. The summed E-state index contributed by atoms with van der Waals surface area (Å²) < 4.78 is 1.48. The number of nitrogens with one attached hydrogen (secondary N) is 1. The van der Waals surface area contributed by atoms with Gasteiger partial charge >= 0.3 is 5.97 Å². The predicted octanol–water partition coefficient (Wildman–Crippen LogP) is 0.957. The highest BCUT2D eigenvalue weighted by Gasteiger charge is 2.43. The second-order valence-corrected chi connectivity index (χ2v) is 6.10. The van der Waals surface area contributed by atoms with Gasteiger partial charge in [-0.05, 0) is 24.3 Å². The molecule has 1 aromatic heterocycles. The van der Waals surface area contributed by atoms with E-state index < -0.39 is 17.4 Å². The lowest BCUT2D eigenvalue weighted by molar-refractivity contribution is -0.143. The van der Waals surface area contributed by atoms with Crippen molar-refractivity contribution in [1.29, 1.82) is 0 Å². The first-order valence-corrected chi connectivity index (χ1v) is 7.87. The molecule has 2 N–H and O–H groups in total. The molecule has 2 heterocycles. The Bertz CT molecular complexity index is 695. The standard InChI is InChI=1S/C14H14N4O3S/c19-12(16-14(13(20)21)6-7-22-8-14)11-15-9-18(17-11)10-4-2-1-3-5-10/h1-5,9H,6-8H2,(H,16,19)(H,20,21). The summed E-state index contributed by atoms with van der Waals surface area (Å²) in [5.74, 6) is -0.569. The van der Waals surface area contributed by atoms with Crippen LogP contribution >= 0.6 is 11.8 Å². The molecule has 0 saturated carbocycles. The molecule has 1 fully saturated rings. The zero-order valence-corrected chi connectivity index (χ0v) is 12.4. The molecular formula is C14H14N4O3S. The van der Waals surface area contributed by atoms with Crippen LogP contribution in [0, 0.1) is 0 Å². The number of aromatic nitrogens is 3. The van der Waals surface area contributed by atoms with E-state index in [2.05, 4.69) is 15.4 Å². The van der Waals surface area contributed by atoms with E-state index in [1.54, 1.807) is 0 Å². The molecule has 1 aliphatic rings. The minimum atomic E-state index is -1.22. The molecule has 1 saturated heterocycles. The Morgan fingerprint density at radius 3 is 2.73 bits per heavy atom. The number of rotatable bonds is 4. The molecule has 8 heteroatoms. The number of para-hydroxylation sites is 1. The van der Waals surface area contributed by atoms with Gasteiger partial charge in [0.05, 0.1) is 5.69 Å². The van der Waals surface area contributed by atoms with E-state index in [-0.39, 0.29) is 5.82 Å². The molecular weight excluding hydrogens is 304 g/mol. The van der Waals surface area contributed by atoms with Gasteiger partial charge in [-0.2, -0.15) is 11.8 Å². The summed E-state index contributed by atoms with van der Waals surface area (Å²) in [5.41, 5.74) is -0.446. The molecule has 1 aromatic carbocycles. The quantitative estimate of drug-likeness (QED) is 0.871. The highest BCUT2D eigenvalue weighted by atomic mass is 32.2. The van der Waals surface area contributed by atoms with Crippen molar-refractivity contribution in [2.24, 2.45) is 0 Å². The third-order valence-electron chi connectivity index (χ3n) is 3.50. The zero-order chi connectivity index (χ0) is 15.6. The Kier molecular flexibility index (Phi) is 3.84. The summed E-state index contributed by atoms with van der Waals surface area (Å²) in [5, 5.41) is 16.1. The van der Waals surface area contributed by atoms with Crippen molar-refractivity contribution < 1.29 is 14.7 Å². The Morgan fingerprint density at radius 2 is 2.09 bits per heavy atom. The van der Waals surface area contributed by atoms with Crippen LogP contribution in [0.5, 0.6) is 0 Å². The van der Waals surface area contributed by atoms with Gasteiger partial charge in [0.15, 0.2) is 0 Å². The molecule has 0 spiro atoms.